The van der Waals surface area contributed by atoms with Gasteiger partial charge in [0.1, 0.15) is 5.82 Å². The van der Waals surface area contributed by atoms with Gasteiger partial charge in [-0.3, -0.25) is 0 Å². The van der Waals surface area contributed by atoms with Crippen molar-refractivity contribution in [3.8, 4) is 0 Å². The molecule has 0 aliphatic carbocycles. The fraction of sp³-hybridized carbons (Fsp3) is 0.200. The minimum absolute atomic E-state index is 0.0247. The van der Waals surface area contributed by atoms with Crippen molar-refractivity contribution in [3.05, 3.63) is 34.9 Å². The monoisotopic (exact) mass is 256 g/mol. The van der Waals surface area contributed by atoms with Gasteiger partial charge in [0.15, 0.2) is 0 Å². The summed E-state index contributed by atoms with van der Waals surface area (Å²) in [6, 6.07) is 4.43. The lowest BCUT2D eigenvalue weighted by Gasteiger charge is -2.01. The molecule has 3 N–H and O–H groups in total. The Balaban J connectivity index is 2.11. The highest BCUT2D eigenvalue weighted by atomic mass is 35.5. The van der Waals surface area contributed by atoms with E-state index in [2.05, 4.69) is 15.5 Å². The number of hydrogen-bond donors (Lipinski definition) is 2. The Labute approximate surface area is 102 Å². The van der Waals surface area contributed by atoms with E-state index in [4.69, 9.17) is 21.8 Å². The summed E-state index contributed by atoms with van der Waals surface area (Å²) in [5.41, 5.74) is 5.92. The largest absolute Gasteiger partial charge is 0.408 e. The average molecular weight is 257 g/mol. The van der Waals surface area contributed by atoms with Gasteiger partial charge in [-0.15, -0.1) is 5.10 Å². The first kappa shape index (κ1) is 11.8. The molecule has 7 heteroatoms. The second-order valence-corrected chi connectivity index (χ2v) is 3.70. The minimum Gasteiger partial charge on any atom is -0.408 e. The third-order valence-corrected chi connectivity index (χ3v) is 2.29. The van der Waals surface area contributed by atoms with Crippen LogP contribution in [0.2, 0.25) is 5.02 Å². The van der Waals surface area contributed by atoms with E-state index in [-0.39, 0.29) is 11.0 Å². The maximum Gasteiger partial charge on any atom is 0.320 e. The smallest absolute Gasteiger partial charge is 0.320 e. The number of anilines is 2. The van der Waals surface area contributed by atoms with Crippen molar-refractivity contribution in [2.24, 2.45) is 5.73 Å². The Morgan fingerprint density at radius 2 is 2.24 bits per heavy atom. The van der Waals surface area contributed by atoms with Gasteiger partial charge in [0.05, 0.1) is 5.02 Å². The highest BCUT2D eigenvalue weighted by Gasteiger charge is 2.06. The van der Waals surface area contributed by atoms with Gasteiger partial charge in [-0.1, -0.05) is 16.7 Å². The van der Waals surface area contributed by atoms with E-state index in [0.29, 0.717) is 24.5 Å². The zero-order chi connectivity index (χ0) is 12.3. The van der Waals surface area contributed by atoms with E-state index in [1.54, 1.807) is 0 Å². The molecule has 0 fully saturated rings. The molecule has 0 saturated carbocycles. The topological polar surface area (TPSA) is 77.0 Å². The van der Waals surface area contributed by atoms with Gasteiger partial charge in [-0.25, -0.2) is 4.39 Å². The number of nitrogens with one attached hydrogen (secondary N) is 1. The summed E-state index contributed by atoms with van der Waals surface area (Å²) in [4.78, 5) is 0. The molecular weight excluding hydrogens is 247 g/mol. The van der Waals surface area contributed by atoms with E-state index in [1.807, 2.05) is 0 Å². The van der Waals surface area contributed by atoms with E-state index in [0.717, 1.165) is 0 Å². The van der Waals surface area contributed by atoms with E-state index in [1.165, 1.54) is 18.2 Å². The van der Waals surface area contributed by atoms with Crippen molar-refractivity contribution in [1.29, 1.82) is 0 Å². The summed E-state index contributed by atoms with van der Waals surface area (Å²) in [6.45, 7) is 0.435. The first-order chi connectivity index (χ1) is 8.19. The van der Waals surface area contributed by atoms with Crippen LogP contribution in [0.1, 0.15) is 5.89 Å². The molecule has 2 aromatic rings. The molecule has 0 aliphatic rings. The van der Waals surface area contributed by atoms with Crippen molar-refractivity contribution in [2.45, 2.75) is 6.42 Å². The maximum absolute atomic E-state index is 12.9. The first-order valence-electron chi connectivity index (χ1n) is 4.93. The summed E-state index contributed by atoms with van der Waals surface area (Å²) in [5.74, 6) is -0.0326. The van der Waals surface area contributed by atoms with Crippen LogP contribution in [-0.4, -0.2) is 16.7 Å². The second-order valence-electron chi connectivity index (χ2n) is 3.29. The zero-order valence-corrected chi connectivity index (χ0v) is 9.54. The molecule has 0 amide bonds. The third-order valence-electron chi connectivity index (χ3n) is 2.00. The van der Waals surface area contributed by atoms with Crippen molar-refractivity contribution in [1.82, 2.24) is 10.2 Å². The molecule has 1 aromatic carbocycles. The number of hydrogen-bond acceptors (Lipinski definition) is 5. The Kier molecular flexibility index (Phi) is 3.55. The molecular formula is C10H10ClFN4O. The van der Waals surface area contributed by atoms with Crippen molar-refractivity contribution >= 4 is 23.3 Å². The summed E-state index contributed by atoms with van der Waals surface area (Å²) >= 11 is 5.64. The highest BCUT2D eigenvalue weighted by molar-refractivity contribution is 6.31. The van der Waals surface area contributed by atoms with Crippen molar-refractivity contribution in [2.75, 3.05) is 11.9 Å². The van der Waals surface area contributed by atoms with E-state index in [9.17, 15) is 4.39 Å². The molecule has 0 bridgehead atoms. The van der Waals surface area contributed by atoms with Crippen LogP contribution in [0.15, 0.2) is 22.6 Å². The molecule has 0 radical (unpaired) electrons. The van der Waals surface area contributed by atoms with Gasteiger partial charge in [0.25, 0.3) is 0 Å². The molecule has 1 heterocycles. The minimum atomic E-state index is -0.480. The first-order valence-corrected chi connectivity index (χ1v) is 5.31. The van der Waals surface area contributed by atoms with Crippen LogP contribution in [0.5, 0.6) is 0 Å². The van der Waals surface area contributed by atoms with Gasteiger partial charge in [-0.05, 0) is 18.2 Å². The lowest BCUT2D eigenvalue weighted by Crippen LogP contribution is -2.02. The van der Waals surface area contributed by atoms with E-state index < -0.39 is 5.82 Å². The number of nitrogens with zero attached hydrogens (tertiary/aromatic N) is 2. The lowest BCUT2D eigenvalue weighted by molar-refractivity contribution is 0.510. The van der Waals surface area contributed by atoms with Gasteiger partial charge < -0.3 is 15.5 Å². The molecule has 2 rings (SSSR count). The Morgan fingerprint density at radius 1 is 1.41 bits per heavy atom. The van der Waals surface area contributed by atoms with Crippen LogP contribution >= 0.6 is 11.6 Å². The quantitative estimate of drug-likeness (QED) is 0.876. The SMILES string of the molecule is NCCc1nnc(Nc2ccc(F)c(Cl)c2)o1. The fourth-order valence-corrected chi connectivity index (χ4v) is 1.41. The normalized spacial score (nSPS) is 10.5. The summed E-state index contributed by atoms with van der Waals surface area (Å²) in [7, 11) is 0. The van der Waals surface area contributed by atoms with Gasteiger partial charge in [0, 0.05) is 18.7 Å². The standard InChI is InChI=1S/C10H10ClFN4O/c11-7-5-6(1-2-8(7)12)14-10-16-15-9(17-10)3-4-13/h1-2,5H,3-4,13H2,(H,14,16). The van der Waals surface area contributed by atoms with Crippen molar-refractivity contribution in [3.63, 3.8) is 0 Å². The molecule has 0 aliphatic heterocycles. The van der Waals surface area contributed by atoms with Gasteiger partial charge >= 0.3 is 6.01 Å². The van der Waals surface area contributed by atoms with Gasteiger partial charge in [0.2, 0.25) is 5.89 Å². The van der Waals surface area contributed by atoms with E-state index >= 15 is 0 Å². The number of aromatic nitrogens is 2. The number of halogens is 2. The lowest BCUT2D eigenvalue weighted by atomic mass is 10.3. The number of nitrogens with two attached hydrogens (primary N) is 1. The molecule has 17 heavy (non-hydrogen) atoms. The molecule has 5 nitrogen and oxygen atoms in total. The van der Waals surface area contributed by atoms with Crippen LogP contribution in [0.25, 0.3) is 0 Å². The summed E-state index contributed by atoms with van der Waals surface area (Å²) in [5, 5.41) is 10.4. The highest BCUT2D eigenvalue weighted by Crippen LogP contribution is 2.22. The van der Waals surface area contributed by atoms with Crippen LogP contribution in [0.4, 0.5) is 16.1 Å². The molecule has 0 saturated heterocycles. The molecule has 0 spiro atoms. The summed E-state index contributed by atoms with van der Waals surface area (Å²) in [6.07, 6.45) is 0.513. The second kappa shape index (κ2) is 5.11. The molecule has 0 atom stereocenters. The number of benzene rings is 1. The van der Waals surface area contributed by atoms with Crippen LogP contribution < -0.4 is 11.1 Å². The average Bonchev–Trinajstić information content (AvgIpc) is 2.72. The Morgan fingerprint density at radius 3 is 2.94 bits per heavy atom. The van der Waals surface area contributed by atoms with Crippen LogP contribution in [-0.2, 0) is 6.42 Å². The molecule has 0 unspecified atom stereocenters. The number of rotatable bonds is 4. The van der Waals surface area contributed by atoms with Gasteiger partial charge in [-0.2, -0.15) is 0 Å². The van der Waals surface area contributed by atoms with Crippen LogP contribution in [0, 0.1) is 5.82 Å². The Bertz CT molecular complexity index is 517. The predicted molar refractivity (Wildman–Crippen MR) is 61.7 cm³/mol. The summed E-state index contributed by atoms with van der Waals surface area (Å²) < 4.78 is 18.2. The zero-order valence-electron chi connectivity index (χ0n) is 8.78. The predicted octanol–water partition coefficient (Wildman–Crippen LogP) is 2.11. The third kappa shape index (κ3) is 2.92. The molecule has 1 aromatic heterocycles. The van der Waals surface area contributed by atoms with Crippen LogP contribution in [0.3, 0.4) is 0 Å². The van der Waals surface area contributed by atoms with Crippen molar-refractivity contribution < 1.29 is 8.81 Å². The fourth-order valence-electron chi connectivity index (χ4n) is 1.23. The molecule has 90 valence electrons. The Hall–Kier alpha value is -1.66. The maximum atomic E-state index is 12.9.